The Morgan fingerprint density at radius 1 is 1.30 bits per heavy atom. The van der Waals surface area contributed by atoms with E-state index < -0.39 is 15.4 Å². The lowest BCUT2D eigenvalue weighted by molar-refractivity contribution is -0.117. The molecule has 0 radical (unpaired) electrons. The van der Waals surface area contributed by atoms with Gasteiger partial charge in [-0.25, -0.2) is 13.4 Å². The van der Waals surface area contributed by atoms with Crippen LogP contribution in [0.5, 0.6) is 0 Å². The van der Waals surface area contributed by atoms with E-state index in [0.29, 0.717) is 12.1 Å². The molecule has 1 aliphatic rings. The molecule has 0 bridgehead atoms. The molecule has 1 aromatic heterocycles. The molecule has 1 saturated heterocycles. The lowest BCUT2D eigenvalue weighted by atomic mass is 10.0. The average molecular weight is 331 g/mol. The van der Waals surface area contributed by atoms with Crippen LogP contribution < -0.4 is 5.32 Å². The maximum atomic E-state index is 12.0. The van der Waals surface area contributed by atoms with Gasteiger partial charge in [0.2, 0.25) is 5.91 Å². The lowest BCUT2D eigenvalue weighted by Gasteiger charge is -2.22. The second kappa shape index (κ2) is 5.73. The second-order valence-electron chi connectivity index (χ2n) is 6.01. The number of hydrogen-bond donors (Lipinski definition) is 1. The summed E-state index contributed by atoms with van der Waals surface area (Å²) in [6.45, 7) is 1.75. The smallest absolute Gasteiger partial charge is 0.244 e. The Hall–Kier alpha value is -2.28. The molecule has 1 aliphatic heterocycles. The van der Waals surface area contributed by atoms with Gasteiger partial charge in [0.15, 0.2) is 9.84 Å². The Morgan fingerprint density at radius 2 is 2.04 bits per heavy atom. The number of nitrogens with zero attached hydrogens (tertiary/aromatic N) is 2. The van der Waals surface area contributed by atoms with Crippen LogP contribution in [0.2, 0.25) is 0 Å². The number of sulfone groups is 1. The summed E-state index contributed by atoms with van der Waals surface area (Å²) in [7, 11) is -3.05. The third kappa shape index (κ3) is 3.73. The summed E-state index contributed by atoms with van der Waals surface area (Å²) in [4.78, 5) is 20.7. The van der Waals surface area contributed by atoms with Crippen molar-refractivity contribution in [2.75, 3.05) is 11.5 Å². The van der Waals surface area contributed by atoms with Crippen molar-refractivity contribution in [1.82, 2.24) is 15.3 Å². The Bertz CT molecular complexity index is 892. The van der Waals surface area contributed by atoms with Crippen LogP contribution in [0.15, 0.2) is 36.5 Å². The fourth-order valence-electron chi connectivity index (χ4n) is 2.66. The van der Waals surface area contributed by atoms with Crippen LogP contribution in [0.4, 0.5) is 0 Å². The molecule has 2 heterocycles. The Morgan fingerprint density at radius 3 is 2.74 bits per heavy atom. The highest BCUT2D eigenvalue weighted by molar-refractivity contribution is 7.91. The van der Waals surface area contributed by atoms with E-state index in [-0.39, 0.29) is 17.4 Å². The topological polar surface area (TPSA) is 89.0 Å². The van der Waals surface area contributed by atoms with E-state index in [2.05, 4.69) is 15.3 Å². The zero-order chi connectivity index (χ0) is 16.5. The van der Waals surface area contributed by atoms with E-state index >= 15 is 0 Å². The molecule has 120 valence electrons. The van der Waals surface area contributed by atoms with E-state index in [1.54, 1.807) is 19.2 Å². The molecule has 1 aromatic carbocycles. The summed E-state index contributed by atoms with van der Waals surface area (Å²) in [5.74, 6) is -0.238. The van der Waals surface area contributed by atoms with Crippen molar-refractivity contribution < 1.29 is 13.2 Å². The Labute approximate surface area is 134 Å². The molecule has 6 nitrogen and oxygen atoms in total. The number of benzene rings is 1. The van der Waals surface area contributed by atoms with Crippen molar-refractivity contribution in [3.63, 3.8) is 0 Å². The monoisotopic (exact) mass is 331 g/mol. The normalized spacial score (nSPS) is 23.3. The summed E-state index contributed by atoms with van der Waals surface area (Å²) >= 11 is 0. The number of rotatable bonds is 3. The maximum Gasteiger partial charge on any atom is 0.244 e. The molecular weight excluding hydrogens is 314 g/mol. The molecule has 0 saturated carbocycles. The lowest BCUT2D eigenvalue weighted by Crippen LogP contribution is -2.46. The number of hydrogen-bond acceptors (Lipinski definition) is 5. The molecule has 3 rings (SSSR count). The van der Waals surface area contributed by atoms with Gasteiger partial charge in [-0.3, -0.25) is 9.78 Å². The van der Waals surface area contributed by atoms with Crippen LogP contribution in [0, 0.1) is 0 Å². The largest absolute Gasteiger partial charge is 0.346 e. The molecule has 23 heavy (non-hydrogen) atoms. The van der Waals surface area contributed by atoms with Gasteiger partial charge in [-0.2, -0.15) is 0 Å². The molecule has 1 atom stereocenters. The molecule has 1 N–H and O–H groups in total. The summed E-state index contributed by atoms with van der Waals surface area (Å²) < 4.78 is 23.1. The SMILES string of the molecule is C[C@]1(NC(=O)/C=C/c2cnc3ccccc3n2)CCS(=O)(=O)C1. The summed E-state index contributed by atoms with van der Waals surface area (Å²) in [6, 6.07) is 7.48. The van der Waals surface area contributed by atoms with Gasteiger partial charge in [0.25, 0.3) is 0 Å². The molecule has 0 unspecified atom stereocenters. The van der Waals surface area contributed by atoms with Gasteiger partial charge in [0.1, 0.15) is 0 Å². The highest BCUT2D eigenvalue weighted by atomic mass is 32.2. The number of carbonyl (C=O) groups is 1. The molecule has 7 heteroatoms. The van der Waals surface area contributed by atoms with Gasteiger partial charge in [-0.1, -0.05) is 12.1 Å². The minimum Gasteiger partial charge on any atom is -0.346 e. The zero-order valence-electron chi connectivity index (χ0n) is 12.7. The molecule has 0 aliphatic carbocycles. The van der Waals surface area contributed by atoms with Gasteiger partial charge in [-0.15, -0.1) is 0 Å². The fourth-order valence-corrected chi connectivity index (χ4v) is 4.75. The number of fused-ring (bicyclic) bond motifs is 1. The first-order valence-corrected chi connectivity index (χ1v) is 9.10. The fraction of sp³-hybridized carbons (Fsp3) is 0.312. The first kappa shape index (κ1) is 15.6. The standard InChI is InChI=1S/C16H17N3O3S/c1-16(8-9-23(21,22)11-16)19-15(20)7-6-12-10-17-13-4-2-3-5-14(13)18-12/h2-7,10H,8-9,11H2,1H3,(H,19,20)/b7-6+/t16-/m0/s1. The molecular formula is C16H17N3O3S. The van der Waals surface area contributed by atoms with Crippen LogP contribution >= 0.6 is 0 Å². The predicted molar refractivity (Wildman–Crippen MR) is 88.4 cm³/mol. The van der Waals surface area contributed by atoms with Crippen molar-refractivity contribution in [3.05, 3.63) is 42.2 Å². The third-order valence-electron chi connectivity index (χ3n) is 3.80. The van der Waals surface area contributed by atoms with Crippen molar-refractivity contribution in [2.24, 2.45) is 0 Å². The number of aromatic nitrogens is 2. The van der Waals surface area contributed by atoms with Crippen LogP contribution in [0.3, 0.4) is 0 Å². The molecule has 1 amide bonds. The van der Waals surface area contributed by atoms with Crippen LogP contribution in [0.25, 0.3) is 17.1 Å². The van der Waals surface area contributed by atoms with Crippen LogP contribution in [0.1, 0.15) is 19.0 Å². The summed E-state index contributed by atoms with van der Waals surface area (Å²) in [5.41, 5.74) is 1.42. The minimum atomic E-state index is -3.05. The Balaban J connectivity index is 1.70. The van der Waals surface area contributed by atoms with Gasteiger partial charge < -0.3 is 5.32 Å². The van der Waals surface area contributed by atoms with Gasteiger partial charge >= 0.3 is 0 Å². The van der Waals surface area contributed by atoms with E-state index in [4.69, 9.17) is 0 Å². The van der Waals surface area contributed by atoms with Gasteiger partial charge in [-0.05, 0) is 31.6 Å². The summed E-state index contributed by atoms with van der Waals surface area (Å²) in [6.07, 6.45) is 4.95. The highest BCUT2D eigenvalue weighted by Crippen LogP contribution is 2.22. The third-order valence-corrected chi connectivity index (χ3v) is 5.70. The van der Waals surface area contributed by atoms with E-state index in [0.717, 1.165) is 11.0 Å². The Kier molecular flexibility index (Phi) is 3.89. The highest BCUT2D eigenvalue weighted by Gasteiger charge is 2.39. The average Bonchev–Trinajstić information content (AvgIpc) is 2.78. The van der Waals surface area contributed by atoms with Crippen LogP contribution in [-0.4, -0.2) is 41.3 Å². The first-order chi connectivity index (χ1) is 10.9. The van der Waals surface area contributed by atoms with Gasteiger partial charge in [0, 0.05) is 6.08 Å². The minimum absolute atomic E-state index is 0.0185. The summed E-state index contributed by atoms with van der Waals surface area (Å²) in [5, 5.41) is 2.77. The predicted octanol–water partition coefficient (Wildman–Crippen LogP) is 1.34. The number of nitrogens with one attached hydrogen (secondary N) is 1. The maximum absolute atomic E-state index is 12.0. The van der Waals surface area contributed by atoms with E-state index in [9.17, 15) is 13.2 Å². The van der Waals surface area contributed by atoms with Crippen molar-refractivity contribution >= 4 is 32.9 Å². The molecule has 2 aromatic rings. The molecule has 1 fully saturated rings. The van der Waals surface area contributed by atoms with E-state index in [1.807, 2.05) is 24.3 Å². The van der Waals surface area contributed by atoms with Crippen LogP contribution in [-0.2, 0) is 14.6 Å². The number of amides is 1. The quantitative estimate of drug-likeness (QED) is 0.857. The first-order valence-electron chi connectivity index (χ1n) is 7.28. The van der Waals surface area contributed by atoms with Crippen molar-refractivity contribution in [3.8, 4) is 0 Å². The van der Waals surface area contributed by atoms with Crippen molar-refractivity contribution in [1.29, 1.82) is 0 Å². The molecule has 0 spiro atoms. The number of para-hydroxylation sites is 2. The van der Waals surface area contributed by atoms with E-state index in [1.165, 1.54) is 6.08 Å². The number of carbonyl (C=O) groups excluding carboxylic acids is 1. The van der Waals surface area contributed by atoms with Crippen molar-refractivity contribution in [2.45, 2.75) is 18.9 Å². The zero-order valence-corrected chi connectivity index (χ0v) is 13.5. The second-order valence-corrected chi connectivity index (χ2v) is 8.19. The van der Waals surface area contributed by atoms with Gasteiger partial charge in [0.05, 0.1) is 40.0 Å².